The molecule has 0 bridgehead atoms. The normalized spacial score (nSPS) is 16.6. The standard InChI is InChI=1S/C50H52F2N8O5S2/c1-25-28(4)67-49-39(25)42(55-36(23-38(61)65-9)45-58-57-29(5)60(45)49)32-16-14-31(15-17-32)40-35(51)21-20-34(41(40)52)46(62)56-44(50(6,7)8)48(64)59-22-10-11-37(59)47(63)54-26(2)30-12-18-33(19-13-30)43-27(3)53-24-66-43/h12-21,24,26,36-37,44H,10-11,22-23H2,1-9H3,(H,54,63)(H,56,62)/t26?,36-,37?,44?/m0/s1. The number of aryl methyl sites for hydroxylation is 3. The van der Waals surface area contributed by atoms with Crippen molar-refractivity contribution >= 4 is 52.1 Å². The van der Waals surface area contributed by atoms with Gasteiger partial charge in [0.15, 0.2) is 5.82 Å². The van der Waals surface area contributed by atoms with Gasteiger partial charge in [-0.2, -0.15) is 0 Å². The van der Waals surface area contributed by atoms with Gasteiger partial charge in [-0.15, -0.1) is 32.9 Å². The zero-order chi connectivity index (χ0) is 48.1. The monoisotopic (exact) mass is 946 g/mol. The Labute approximate surface area is 395 Å². The second kappa shape index (κ2) is 18.7. The molecule has 13 nitrogen and oxygen atoms in total. The van der Waals surface area contributed by atoms with E-state index in [2.05, 4.69) is 25.8 Å². The number of fused-ring (bicyclic) bond motifs is 3. The predicted molar refractivity (Wildman–Crippen MR) is 255 cm³/mol. The summed E-state index contributed by atoms with van der Waals surface area (Å²) in [5.41, 5.74) is 6.11. The first-order valence-electron chi connectivity index (χ1n) is 22.1. The summed E-state index contributed by atoms with van der Waals surface area (Å²) in [5.74, 6) is -3.04. The Morgan fingerprint density at radius 1 is 0.896 bits per heavy atom. The number of carbonyl (C=O) groups is 4. The fourth-order valence-corrected chi connectivity index (χ4v) is 10.8. The van der Waals surface area contributed by atoms with Crippen LogP contribution in [0.25, 0.3) is 26.6 Å². The number of benzene rings is 3. The molecule has 3 aromatic heterocycles. The van der Waals surface area contributed by atoms with Crippen LogP contribution in [-0.4, -0.2) is 79.8 Å². The highest BCUT2D eigenvalue weighted by Gasteiger charge is 2.43. The van der Waals surface area contributed by atoms with Crippen molar-refractivity contribution in [3.63, 3.8) is 0 Å². The molecule has 348 valence electrons. The number of aliphatic imine (C=N–C) groups is 1. The van der Waals surface area contributed by atoms with Crippen molar-refractivity contribution in [2.24, 2.45) is 10.4 Å². The topological polar surface area (TPSA) is 161 Å². The number of nitrogens with one attached hydrogen (secondary N) is 2. The van der Waals surface area contributed by atoms with Crippen molar-refractivity contribution in [2.75, 3.05) is 13.7 Å². The van der Waals surface area contributed by atoms with Crippen LogP contribution in [0.3, 0.4) is 0 Å². The van der Waals surface area contributed by atoms with E-state index in [0.717, 1.165) is 54.8 Å². The molecule has 1 fully saturated rings. The molecule has 5 heterocycles. The molecule has 17 heteroatoms. The molecule has 1 saturated heterocycles. The van der Waals surface area contributed by atoms with Gasteiger partial charge in [0.05, 0.1) is 52.5 Å². The molecule has 6 aromatic rings. The van der Waals surface area contributed by atoms with E-state index in [1.54, 1.807) is 67.7 Å². The van der Waals surface area contributed by atoms with Gasteiger partial charge in [0.25, 0.3) is 5.91 Å². The molecule has 2 aliphatic rings. The predicted octanol–water partition coefficient (Wildman–Crippen LogP) is 9.10. The Morgan fingerprint density at radius 3 is 2.24 bits per heavy atom. The minimum absolute atomic E-state index is 0.0891. The zero-order valence-electron chi connectivity index (χ0n) is 38.8. The largest absolute Gasteiger partial charge is 0.469 e. The first kappa shape index (κ1) is 47.0. The van der Waals surface area contributed by atoms with Crippen molar-refractivity contribution in [1.82, 2.24) is 35.3 Å². The molecular formula is C50H52F2N8O5S2. The third kappa shape index (κ3) is 9.06. The van der Waals surface area contributed by atoms with Crippen LogP contribution in [0.15, 0.2) is 71.2 Å². The van der Waals surface area contributed by atoms with E-state index in [0.29, 0.717) is 42.3 Å². The van der Waals surface area contributed by atoms with Gasteiger partial charge in [-0.25, -0.2) is 13.8 Å². The number of esters is 1. The van der Waals surface area contributed by atoms with Crippen LogP contribution in [0.1, 0.15) is 114 Å². The molecule has 0 saturated carbocycles. The Morgan fingerprint density at radius 2 is 1.58 bits per heavy atom. The molecule has 3 amide bonds. The third-order valence-corrected chi connectivity index (χ3v) is 14.8. The molecule has 0 radical (unpaired) electrons. The maximum atomic E-state index is 16.6. The summed E-state index contributed by atoms with van der Waals surface area (Å²) >= 11 is 3.11. The fraction of sp³-hybridized carbons (Fsp3) is 0.360. The highest BCUT2D eigenvalue weighted by atomic mass is 32.1. The summed E-state index contributed by atoms with van der Waals surface area (Å²) in [5, 5.41) is 15.4. The number of hydrogen-bond acceptors (Lipinski definition) is 11. The van der Waals surface area contributed by atoms with Crippen LogP contribution < -0.4 is 10.6 Å². The smallest absolute Gasteiger partial charge is 0.308 e. The summed E-state index contributed by atoms with van der Waals surface area (Å²) in [7, 11) is 1.31. The number of aromatic nitrogens is 4. The van der Waals surface area contributed by atoms with E-state index in [1.165, 1.54) is 12.0 Å². The van der Waals surface area contributed by atoms with E-state index >= 15 is 8.78 Å². The second-order valence-corrected chi connectivity index (χ2v) is 20.2. The van der Waals surface area contributed by atoms with Gasteiger partial charge in [0, 0.05) is 22.5 Å². The van der Waals surface area contributed by atoms with Crippen LogP contribution >= 0.6 is 22.7 Å². The minimum Gasteiger partial charge on any atom is -0.469 e. The molecule has 3 unspecified atom stereocenters. The lowest BCUT2D eigenvalue weighted by Crippen LogP contribution is -2.57. The highest BCUT2D eigenvalue weighted by molar-refractivity contribution is 7.15. The molecule has 0 aliphatic carbocycles. The van der Waals surface area contributed by atoms with Crippen molar-refractivity contribution in [3.05, 3.63) is 128 Å². The van der Waals surface area contributed by atoms with Gasteiger partial charge in [0.2, 0.25) is 11.8 Å². The molecule has 2 aliphatic heterocycles. The number of carbonyl (C=O) groups excluding carboxylic acids is 4. The lowest BCUT2D eigenvalue weighted by Gasteiger charge is -2.35. The van der Waals surface area contributed by atoms with Gasteiger partial charge in [0.1, 0.15) is 40.6 Å². The highest BCUT2D eigenvalue weighted by Crippen LogP contribution is 2.40. The van der Waals surface area contributed by atoms with Crippen molar-refractivity contribution in [2.45, 2.75) is 98.8 Å². The SMILES string of the molecule is COC(=O)C[C@@H]1N=C(c2ccc(-c3c(F)ccc(C(=O)NC(C(=O)N4CCCC4C(=O)NC(C)c4ccc(-c5scnc5C)cc4)C(C)(C)C)c3F)cc2)c2c(sc(C)c2C)-n2c(C)nnc21. The third-order valence-electron chi connectivity index (χ3n) is 12.6. The summed E-state index contributed by atoms with van der Waals surface area (Å²) in [6, 6.07) is 13.5. The first-order valence-corrected chi connectivity index (χ1v) is 23.8. The maximum absolute atomic E-state index is 16.6. The number of nitrogens with zero attached hydrogens (tertiary/aromatic N) is 6. The van der Waals surface area contributed by atoms with Crippen LogP contribution in [0.4, 0.5) is 8.78 Å². The van der Waals surface area contributed by atoms with Gasteiger partial charge < -0.3 is 20.3 Å². The average molecular weight is 947 g/mol. The number of methoxy groups -OCH3 is 1. The van der Waals surface area contributed by atoms with Gasteiger partial charge in [-0.1, -0.05) is 69.3 Å². The van der Waals surface area contributed by atoms with Crippen LogP contribution in [0.5, 0.6) is 0 Å². The van der Waals surface area contributed by atoms with Gasteiger partial charge in [-0.3, -0.25) is 28.7 Å². The lowest BCUT2D eigenvalue weighted by atomic mass is 9.85. The van der Waals surface area contributed by atoms with Crippen molar-refractivity contribution in [1.29, 1.82) is 0 Å². The lowest BCUT2D eigenvalue weighted by molar-refractivity contribution is -0.142. The Bertz CT molecular complexity index is 2930. The summed E-state index contributed by atoms with van der Waals surface area (Å²) in [4.78, 5) is 67.9. The maximum Gasteiger partial charge on any atom is 0.308 e. The summed E-state index contributed by atoms with van der Waals surface area (Å²) in [6.45, 7) is 15.3. The van der Waals surface area contributed by atoms with E-state index in [9.17, 15) is 19.2 Å². The number of rotatable bonds is 11. The molecule has 0 spiro atoms. The van der Waals surface area contributed by atoms with Crippen LogP contribution in [-0.2, 0) is 19.1 Å². The Balaban J connectivity index is 1.02. The van der Waals surface area contributed by atoms with E-state index in [1.807, 2.05) is 69.0 Å². The average Bonchev–Trinajstić information content (AvgIpc) is 4.09. The van der Waals surface area contributed by atoms with Gasteiger partial charge in [-0.05, 0) is 87.3 Å². The van der Waals surface area contributed by atoms with E-state index < -0.39 is 64.1 Å². The van der Waals surface area contributed by atoms with Crippen LogP contribution in [0.2, 0.25) is 0 Å². The number of amides is 3. The first-order chi connectivity index (χ1) is 31.9. The zero-order valence-corrected chi connectivity index (χ0v) is 40.4. The number of halogens is 2. The minimum atomic E-state index is -1.16. The summed E-state index contributed by atoms with van der Waals surface area (Å²) in [6.07, 6.45) is 0.928. The molecule has 3 aromatic carbocycles. The molecule has 8 rings (SSSR count). The quantitative estimate of drug-likeness (QED) is 0.122. The molecular weight excluding hydrogens is 895 g/mol. The second-order valence-electron chi connectivity index (χ2n) is 18.1. The van der Waals surface area contributed by atoms with E-state index in [4.69, 9.17) is 9.73 Å². The summed E-state index contributed by atoms with van der Waals surface area (Å²) < 4.78 is 39.3. The molecule has 67 heavy (non-hydrogen) atoms. The number of likely N-dealkylation sites (tertiary alicyclic amines) is 1. The van der Waals surface area contributed by atoms with Crippen molar-refractivity contribution in [3.8, 4) is 26.6 Å². The number of hydrogen-bond donors (Lipinski definition) is 2. The van der Waals surface area contributed by atoms with Crippen molar-refractivity contribution < 1.29 is 32.7 Å². The number of ether oxygens (including phenoxy) is 1. The number of thiazole rings is 1. The molecule has 2 N–H and O–H groups in total. The Kier molecular flexibility index (Phi) is 13.1. The number of thiophene rings is 1. The Hall–Kier alpha value is -6.46. The van der Waals surface area contributed by atoms with Crippen LogP contribution in [0, 0.1) is 44.7 Å². The van der Waals surface area contributed by atoms with Gasteiger partial charge >= 0.3 is 5.97 Å². The molecule has 4 atom stereocenters. The van der Waals surface area contributed by atoms with E-state index in [-0.39, 0.29) is 23.9 Å². The fourth-order valence-electron chi connectivity index (χ4n) is 8.77.